The predicted molar refractivity (Wildman–Crippen MR) is 91.6 cm³/mol. The van der Waals surface area contributed by atoms with Gasteiger partial charge in [0, 0.05) is 23.1 Å². The quantitative estimate of drug-likeness (QED) is 0.628. The molecule has 128 valence electrons. The largest absolute Gasteiger partial charge is 0.445 e. The zero-order chi connectivity index (χ0) is 17.5. The standard InChI is InChI=1S/C17H20BrN3O3/c1-21(11-19)16(22)13-7-3-5-9-15(13)20-17(23)24-10-12-6-2-4-8-14(12)18/h2,4,6,8,13,15H,3,5,7,9-10H2,1H3,(H,20,23). The fourth-order valence-corrected chi connectivity index (χ4v) is 3.25. The van der Waals surface area contributed by atoms with Gasteiger partial charge in [-0.3, -0.25) is 9.69 Å². The summed E-state index contributed by atoms with van der Waals surface area (Å²) in [6.07, 6.45) is 4.51. The summed E-state index contributed by atoms with van der Waals surface area (Å²) in [5, 5.41) is 11.7. The van der Waals surface area contributed by atoms with Crippen molar-refractivity contribution in [1.82, 2.24) is 10.2 Å². The Balaban J connectivity index is 1.92. The van der Waals surface area contributed by atoms with Crippen LogP contribution < -0.4 is 5.32 Å². The Kier molecular flexibility index (Phi) is 6.62. The highest BCUT2D eigenvalue weighted by molar-refractivity contribution is 9.10. The van der Waals surface area contributed by atoms with Gasteiger partial charge < -0.3 is 10.1 Å². The van der Waals surface area contributed by atoms with Crippen LogP contribution in [0.1, 0.15) is 31.2 Å². The minimum atomic E-state index is -0.546. The first kappa shape index (κ1) is 18.3. The van der Waals surface area contributed by atoms with Crippen molar-refractivity contribution in [2.75, 3.05) is 7.05 Å². The molecule has 2 unspecified atom stereocenters. The lowest BCUT2D eigenvalue weighted by molar-refractivity contribution is -0.133. The van der Waals surface area contributed by atoms with Gasteiger partial charge in [0.05, 0.1) is 5.92 Å². The van der Waals surface area contributed by atoms with E-state index in [1.165, 1.54) is 7.05 Å². The minimum absolute atomic E-state index is 0.149. The van der Waals surface area contributed by atoms with E-state index in [9.17, 15) is 9.59 Å². The summed E-state index contributed by atoms with van der Waals surface area (Å²) in [5.41, 5.74) is 0.869. The van der Waals surface area contributed by atoms with Crippen molar-refractivity contribution in [2.45, 2.75) is 38.3 Å². The number of halogens is 1. The molecule has 2 rings (SSSR count). The van der Waals surface area contributed by atoms with Gasteiger partial charge in [-0.05, 0) is 18.9 Å². The first-order valence-electron chi connectivity index (χ1n) is 7.87. The molecule has 6 nitrogen and oxygen atoms in total. The molecule has 1 fully saturated rings. The van der Waals surface area contributed by atoms with Crippen LogP contribution in [0.4, 0.5) is 4.79 Å². The lowest BCUT2D eigenvalue weighted by Crippen LogP contribution is -2.48. The number of hydrogen-bond donors (Lipinski definition) is 1. The second-order valence-corrected chi connectivity index (χ2v) is 6.66. The van der Waals surface area contributed by atoms with Crippen molar-refractivity contribution < 1.29 is 14.3 Å². The second-order valence-electron chi connectivity index (χ2n) is 5.81. The first-order chi connectivity index (χ1) is 11.5. The van der Waals surface area contributed by atoms with E-state index in [0.717, 1.165) is 27.8 Å². The van der Waals surface area contributed by atoms with Crippen molar-refractivity contribution >= 4 is 27.9 Å². The number of hydrogen-bond acceptors (Lipinski definition) is 4. The number of amides is 2. The molecule has 0 radical (unpaired) electrons. The number of nitrogens with one attached hydrogen (secondary N) is 1. The van der Waals surface area contributed by atoms with Gasteiger partial charge in [-0.25, -0.2) is 4.79 Å². The molecule has 1 aromatic rings. The maximum absolute atomic E-state index is 12.3. The molecule has 1 aromatic carbocycles. The van der Waals surface area contributed by atoms with E-state index >= 15 is 0 Å². The molecule has 0 aliphatic heterocycles. The third kappa shape index (κ3) is 4.71. The van der Waals surface area contributed by atoms with Crippen molar-refractivity contribution in [3.05, 3.63) is 34.3 Å². The number of carbonyl (C=O) groups excluding carboxylic acids is 2. The van der Waals surface area contributed by atoms with Crippen LogP contribution >= 0.6 is 15.9 Å². The van der Waals surface area contributed by atoms with Gasteiger partial charge >= 0.3 is 6.09 Å². The average molecular weight is 394 g/mol. The van der Waals surface area contributed by atoms with E-state index in [1.807, 2.05) is 30.5 Å². The lowest BCUT2D eigenvalue weighted by atomic mass is 9.83. The van der Waals surface area contributed by atoms with Gasteiger partial charge in [0.2, 0.25) is 5.91 Å². The SMILES string of the molecule is CN(C#N)C(=O)C1CCCCC1NC(=O)OCc1ccccc1Br. The zero-order valence-electron chi connectivity index (χ0n) is 13.5. The third-order valence-electron chi connectivity index (χ3n) is 4.18. The Morgan fingerprint density at radius 3 is 2.79 bits per heavy atom. The van der Waals surface area contributed by atoms with E-state index in [-0.39, 0.29) is 24.5 Å². The number of nitrogens with zero attached hydrogens (tertiary/aromatic N) is 2. The van der Waals surface area contributed by atoms with E-state index in [2.05, 4.69) is 21.2 Å². The van der Waals surface area contributed by atoms with Gasteiger partial charge in [-0.1, -0.05) is 47.0 Å². The van der Waals surface area contributed by atoms with Crippen molar-refractivity contribution in [2.24, 2.45) is 5.92 Å². The monoisotopic (exact) mass is 393 g/mol. The van der Waals surface area contributed by atoms with Crippen molar-refractivity contribution in [3.63, 3.8) is 0 Å². The summed E-state index contributed by atoms with van der Waals surface area (Å²) in [7, 11) is 1.44. The Hall–Kier alpha value is -2.07. The number of ether oxygens (including phenoxy) is 1. The molecule has 0 spiro atoms. The molecule has 0 saturated heterocycles. The molecule has 1 aliphatic rings. The topological polar surface area (TPSA) is 82.4 Å². The molecule has 7 heteroatoms. The molecule has 0 aromatic heterocycles. The smallest absolute Gasteiger partial charge is 0.407 e. The molecule has 2 amide bonds. The third-order valence-corrected chi connectivity index (χ3v) is 4.96. The maximum Gasteiger partial charge on any atom is 0.407 e. The first-order valence-corrected chi connectivity index (χ1v) is 8.66. The predicted octanol–water partition coefficient (Wildman–Crippen LogP) is 3.17. The van der Waals surface area contributed by atoms with Crippen LogP contribution in [0.25, 0.3) is 0 Å². The average Bonchev–Trinajstić information content (AvgIpc) is 2.60. The minimum Gasteiger partial charge on any atom is -0.445 e. The number of benzene rings is 1. The summed E-state index contributed by atoms with van der Waals surface area (Å²) in [6, 6.07) is 7.21. The number of alkyl carbamates (subject to hydrolysis) is 1. The Bertz CT molecular complexity index is 644. The number of nitriles is 1. The van der Waals surface area contributed by atoms with Gasteiger partial charge in [0.15, 0.2) is 6.19 Å². The lowest BCUT2D eigenvalue weighted by Gasteiger charge is -2.31. The maximum atomic E-state index is 12.3. The summed E-state index contributed by atoms with van der Waals surface area (Å²) in [4.78, 5) is 25.3. The molecular formula is C17H20BrN3O3. The van der Waals surface area contributed by atoms with E-state index in [0.29, 0.717) is 12.8 Å². The molecule has 0 heterocycles. The van der Waals surface area contributed by atoms with Gasteiger partial charge in [-0.2, -0.15) is 5.26 Å². The Labute approximate surface area is 149 Å². The van der Waals surface area contributed by atoms with E-state index in [4.69, 9.17) is 10.00 Å². The van der Waals surface area contributed by atoms with Crippen LogP contribution in [-0.4, -0.2) is 30.0 Å². The van der Waals surface area contributed by atoms with Crippen LogP contribution in [-0.2, 0) is 16.1 Å². The van der Waals surface area contributed by atoms with Crippen LogP contribution in [0.3, 0.4) is 0 Å². The highest BCUT2D eigenvalue weighted by Crippen LogP contribution is 2.26. The molecule has 2 atom stereocenters. The summed E-state index contributed by atoms with van der Waals surface area (Å²) < 4.78 is 6.13. The fraction of sp³-hybridized carbons (Fsp3) is 0.471. The Morgan fingerprint density at radius 2 is 2.08 bits per heavy atom. The highest BCUT2D eigenvalue weighted by Gasteiger charge is 2.34. The van der Waals surface area contributed by atoms with E-state index in [1.54, 1.807) is 0 Å². The second kappa shape index (κ2) is 8.69. The molecular weight excluding hydrogens is 374 g/mol. The van der Waals surface area contributed by atoms with Gasteiger partial charge in [0.1, 0.15) is 6.61 Å². The molecule has 1 saturated carbocycles. The van der Waals surface area contributed by atoms with Crippen LogP contribution in [0, 0.1) is 17.4 Å². The van der Waals surface area contributed by atoms with Crippen LogP contribution in [0.15, 0.2) is 28.7 Å². The summed E-state index contributed by atoms with van der Waals surface area (Å²) in [6.45, 7) is 0.149. The van der Waals surface area contributed by atoms with Crippen molar-refractivity contribution in [1.29, 1.82) is 5.26 Å². The van der Waals surface area contributed by atoms with Crippen LogP contribution in [0.5, 0.6) is 0 Å². The number of carbonyl (C=O) groups is 2. The normalized spacial score (nSPS) is 19.9. The number of rotatable bonds is 4. The van der Waals surface area contributed by atoms with Gasteiger partial charge in [-0.15, -0.1) is 0 Å². The molecule has 1 aliphatic carbocycles. The molecule has 1 N–H and O–H groups in total. The fourth-order valence-electron chi connectivity index (χ4n) is 2.85. The summed E-state index contributed by atoms with van der Waals surface area (Å²) >= 11 is 3.40. The van der Waals surface area contributed by atoms with Crippen LogP contribution in [0.2, 0.25) is 0 Å². The summed E-state index contributed by atoms with van der Waals surface area (Å²) in [5.74, 6) is -0.632. The zero-order valence-corrected chi connectivity index (χ0v) is 15.1. The molecule has 0 bridgehead atoms. The Morgan fingerprint density at radius 1 is 1.38 bits per heavy atom. The van der Waals surface area contributed by atoms with E-state index < -0.39 is 6.09 Å². The van der Waals surface area contributed by atoms with Crippen molar-refractivity contribution in [3.8, 4) is 6.19 Å². The van der Waals surface area contributed by atoms with Gasteiger partial charge in [0.25, 0.3) is 0 Å². The molecule has 24 heavy (non-hydrogen) atoms. The highest BCUT2D eigenvalue weighted by atomic mass is 79.9.